The molecule has 0 amide bonds. The van der Waals surface area contributed by atoms with Crippen LogP contribution in [0, 0.1) is 0 Å². The first kappa shape index (κ1) is 14.9. The smallest absolute Gasteiger partial charge is 0.307 e. The van der Waals surface area contributed by atoms with Crippen LogP contribution in [0.2, 0.25) is 0 Å². The maximum atomic E-state index is 10.2. The molecule has 0 unspecified atom stereocenters. The van der Waals surface area contributed by atoms with Crippen LogP contribution in [-0.4, -0.2) is 11.1 Å². The average Bonchev–Trinajstić information content (AvgIpc) is 2.25. The lowest BCUT2D eigenvalue weighted by atomic mass is 10.1. The number of carboxylic acids is 1. The van der Waals surface area contributed by atoms with Crippen molar-refractivity contribution in [1.29, 1.82) is 0 Å². The summed E-state index contributed by atoms with van der Waals surface area (Å²) < 4.78 is 0. The summed E-state index contributed by atoms with van der Waals surface area (Å²) in [6.07, 6.45) is 16.6. The minimum absolute atomic E-state index is 0.112. The standard InChI is InChI=1S/C14H24O2/c1-2-3-4-5-6-7-8-9-10-11-12-13-14(15)16/h9-12H,2-8,13H2,1H3,(H,15,16)/b10-9-,12-11-. The Labute approximate surface area is 99.1 Å². The number of hydrogen-bond acceptors (Lipinski definition) is 1. The molecule has 0 aliphatic rings. The second-order valence-corrected chi connectivity index (χ2v) is 4.01. The molecule has 2 nitrogen and oxygen atoms in total. The lowest BCUT2D eigenvalue weighted by molar-refractivity contribution is -0.135. The van der Waals surface area contributed by atoms with E-state index in [4.69, 9.17) is 5.11 Å². The first-order valence-corrected chi connectivity index (χ1v) is 6.30. The number of aliphatic carboxylic acids is 1. The van der Waals surface area contributed by atoms with Crippen LogP contribution in [0.5, 0.6) is 0 Å². The van der Waals surface area contributed by atoms with Crippen molar-refractivity contribution in [3.05, 3.63) is 24.3 Å². The molecule has 0 aliphatic carbocycles. The highest BCUT2D eigenvalue weighted by Gasteiger charge is 1.88. The zero-order valence-electron chi connectivity index (χ0n) is 10.3. The largest absolute Gasteiger partial charge is 0.481 e. The zero-order chi connectivity index (χ0) is 12.1. The van der Waals surface area contributed by atoms with Gasteiger partial charge in [0, 0.05) is 0 Å². The van der Waals surface area contributed by atoms with Crippen molar-refractivity contribution >= 4 is 5.97 Å². The van der Waals surface area contributed by atoms with Crippen molar-refractivity contribution in [2.45, 2.75) is 58.3 Å². The van der Waals surface area contributed by atoms with E-state index in [1.807, 2.05) is 12.2 Å². The predicted molar refractivity (Wildman–Crippen MR) is 68.5 cm³/mol. The molecular weight excluding hydrogens is 200 g/mol. The number of unbranched alkanes of at least 4 members (excludes halogenated alkanes) is 6. The van der Waals surface area contributed by atoms with Crippen LogP contribution in [0.15, 0.2) is 24.3 Å². The van der Waals surface area contributed by atoms with Crippen LogP contribution in [0.1, 0.15) is 58.3 Å². The third-order valence-corrected chi connectivity index (χ3v) is 2.40. The Morgan fingerprint density at radius 3 is 2.31 bits per heavy atom. The van der Waals surface area contributed by atoms with Crippen molar-refractivity contribution in [2.75, 3.05) is 0 Å². The molecule has 16 heavy (non-hydrogen) atoms. The molecule has 0 radical (unpaired) electrons. The highest BCUT2D eigenvalue weighted by atomic mass is 16.4. The Hall–Kier alpha value is -1.05. The van der Waals surface area contributed by atoms with E-state index in [1.54, 1.807) is 6.08 Å². The second kappa shape index (κ2) is 12.0. The lowest BCUT2D eigenvalue weighted by Gasteiger charge is -1.97. The van der Waals surface area contributed by atoms with E-state index in [0.29, 0.717) is 0 Å². The highest BCUT2D eigenvalue weighted by molar-refractivity contribution is 5.68. The van der Waals surface area contributed by atoms with Crippen molar-refractivity contribution in [2.24, 2.45) is 0 Å². The van der Waals surface area contributed by atoms with E-state index in [-0.39, 0.29) is 6.42 Å². The molecule has 0 aliphatic heterocycles. The summed E-state index contributed by atoms with van der Waals surface area (Å²) in [5, 5.41) is 8.38. The number of allylic oxidation sites excluding steroid dienone is 3. The van der Waals surface area contributed by atoms with Crippen LogP contribution in [0.4, 0.5) is 0 Å². The number of carboxylic acid groups (broad SMARTS) is 1. The lowest BCUT2D eigenvalue weighted by Crippen LogP contribution is -1.89. The van der Waals surface area contributed by atoms with Gasteiger partial charge in [-0.15, -0.1) is 0 Å². The van der Waals surface area contributed by atoms with Gasteiger partial charge in [0.25, 0.3) is 0 Å². The van der Waals surface area contributed by atoms with Gasteiger partial charge in [-0.2, -0.15) is 0 Å². The molecular formula is C14H24O2. The number of carbonyl (C=O) groups is 1. The van der Waals surface area contributed by atoms with E-state index < -0.39 is 5.97 Å². The van der Waals surface area contributed by atoms with Crippen molar-refractivity contribution < 1.29 is 9.90 Å². The summed E-state index contributed by atoms with van der Waals surface area (Å²) in [5.74, 6) is -0.777. The molecule has 0 bridgehead atoms. The minimum Gasteiger partial charge on any atom is -0.481 e. The molecule has 0 saturated heterocycles. The van der Waals surface area contributed by atoms with Gasteiger partial charge in [0.1, 0.15) is 0 Å². The molecule has 0 spiro atoms. The SMILES string of the molecule is CCCCCCCC/C=C\C=C/CC(=O)O. The van der Waals surface area contributed by atoms with E-state index in [0.717, 1.165) is 6.42 Å². The number of hydrogen-bond donors (Lipinski definition) is 1. The van der Waals surface area contributed by atoms with Gasteiger partial charge in [0.15, 0.2) is 0 Å². The third kappa shape index (κ3) is 12.9. The summed E-state index contributed by atoms with van der Waals surface area (Å²) in [6.45, 7) is 2.23. The van der Waals surface area contributed by atoms with Crippen molar-refractivity contribution in [3.8, 4) is 0 Å². The molecule has 0 aromatic carbocycles. The molecule has 0 atom stereocenters. The predicted octanol–water partition coefficient (Wildman–Crippen LogP) is 4.32. The van der Waals surface area contributed by atoms with Crippen LogP contribution in [-0.2, 0) is 4.79 Å². The van der Waals surface area contributed by atoms with E-state index in [9.17, 15) is 4.79 Å². The molecule has 0 aromatic heterocycles. The molecule has 1 N–H and O–H groups in total. The third-order valence-electron chi connectivity index (χ3n) is 2.40. The maximum Gasteiger partial charge on any atom is 0.307 e. The minimum atomic E-state index is -0.777. The highest BCUT2D eigenvalue weighted by Crippen LogP contribution is 2.07. The fourth-order valence-corrected chi connectivity index (χ4v) is 1.46. The topological polar surface area (TPSA) is 37.3 Å². The van der Waals surface area contributed by atoms with Gasteiger partial charge in [0.05, 0.1) is 6.42 Å². The van der Waals surface area contributed by atoms with Crippen molar-refractivity contribution in [3.63, 3.8) is 0 Å². The van der Waals surface area contributed by atoms with E-state index >= 15 is 0 Å². The average molecular weight is 224 g/mol. The number of rotatable bonds is 10. The van der Waals surface area contributed by atoms with Crippen LogP contribution in [0.25, 0.3) is 0 Å². The Bertz CT molecular complexity index is 217. The molecule has 0 fully saturated rings. The fourth-order valence-electron chi connectivity index (χ4n) is 1.46. The first-order chi connectivity index (χ1) is 7.77. The molecule has 2 heteroatoms. The molecule has 0 rings (SSSR count). The monoisotopic (exact) mass is 224 g/mol. The Morgan fingerprint density at radius 1 is 1.00 bits per heavy atom. The van der Waals surface area contributed by atoms with E-state index in [1.165, 1.54) is 38.5 Å². The Kier molecular flexibility index (Phi) is 11.2. The molecule has 0 heterocycles. The fraction of sp³-hybridized carbons (Fsp3) is 0.643. The van der Waals surface area contributed by atoms with Gasteiger partial charge >= 0.3 is 5.97 Å². The quantitative estimate of drug-likeness (QED) is 0.443. The molecule has 0 saturated carbocycles. The zero-order valence-corrected chi connectivity index (χ0v) is 10.3. The first-order valence-electron chi connectivity index (χ1n) is 6.30. The van der Waals surface area contributed by atoms with E-state index in [2.05, 4.69) is 13.0 Å². The summed E-state index contributed by atoms with van der Waals surface area (Å²) >= 11 is 0. The van der Waals surface area contributed by atoms with Gasteiger partial charge in [-0.05, 0) is 12.8 Å². The Balaban J connectivity index is 3.21. The van der Waals surface area contributed by atoms with Crippen LogP contribution in [0.3, 0.4) is 0 Å². The van der Waals surface area contributed by atoms with Gasteiger partial charge in [-0.3, -0.25) is 4.79 Å². The van der Waals surface area contributed by atoms with Crippen LogP contribution < -0.4 is 0 Å². The van der Waals surface area contributed by atoms with Crippen LogP contribution >= 0.6 is 0 Å². The molecule has 0 aromatic rings. The maximum absolute atomic E-state index is 10.2. The summed E-state index contributed by atoms with van der Waals surface area (Å²) in [6, 6.07) is 0. The summed E-state index contributed by atoms with van der Waals surface area (Å²) in [4.78, 5) is 10.2. The summed E-state index contributed by atoms with van der Waals surface area (Å²) in [5.41, 5.74) is 0. The molecule has 92 valence electrons. The Morgan fingerprint density at radius 2 is 1.62 bits per heavy atom. The van der Waals surface area contributed by atoms with Gasteiger partial charge < -0.3 is 5.11 Å². The summed E-state index contributed by atoms with van der Waals surface area (Å²) in [7, 11) is 0. The van der Waals surface area contributed by atoms with Gasteiger partial charge in [0.2, 0.25) is 0 Å². The second-order valence-electron chi connectivity index (χ2n) is 4.01. The van der Waals surface area contributed by atoms with Gasteiger partial charge in [-0.1, -0.05) is 63.3 Å². The van der Waals surface area contributed by atoms with Crippen molar-refractivity contribution in [1.82, 2.24) is 0 Å². The van der Waals surface area contributed by atoms with Gasteiger partial charge in [-0.25, -0.2) is 0 Å². The normalized spacial score (nSPS) is 11.6.